The Bertz CT molecular complexity index is 1030. The topological polar surface area (TPSA) is 115 Å². The molecule has 1 aliphatic carbocycles. The average molecular weight is 407 g/mol. The molecule has 3 rings (SSSR count). The molecule has 0 aliphatic heterocycles. The molecule has 0 heterocycles. The van der Waals surface area contributed by atoms with Crippen LogP contribution in [0.4, 0.5) is 0 Å². The Kier molecular flexibility index (Phi) is 6.01. The molecule has 2 aromatic rings. The smallest absolute Gasteiger partial charge is 0.252 e. The summed E-state index contributed by atoms with van der Waals surface area (Å²) in [7, 11) is 0. The van der Waals surface area contributed by atoms with Gasteiger partial charge in [-0.15, -0.1) is 0 Å². The van der Waals surface area contributed by atoms with Gasteiger partial charge in [-0.3, -0.25) is 14.4 Å². The summed E-state index contributed by atoms with van der Waals surface area (Å²) in [5, 5.41) is 16.3. The number of hydrogen-bond acceptors (Lipinski definition) is 5. The molecule has 30 heavy (non-hydrogen) atoms. The number of nitrogens with one attached hydrogen (secondary N) is 2. The van der Waals surface area contributed by atoms with Gasteiger partial charge in [-0.2, -0.15) is 0 Å². The number of carboxylic acid groups (broad SMARTS) is 1. The second-order valence-electron chi connectivity index (χ2n) is 7.81. The third-order valence-corrected chi connectivity index (χ3v) is 5.04. The molecule has 0 saturated carbocycles. The van der Waals surface area contributed by atoms with Crippen molar-refractivity contribution in [3.05, 3.63) is 59.2 Å². The fourth-order valence-corrected chi connectivity index (χ4v) is 3.59. The predicted molar refractivity (Wildman–Crippen MR) is 109 cm³/mol. The molecule has 156 valence electrons. The Hall–Kier alpha value is -3.48. The van der Waals surface area contributed by atoms with Crippen LogP contribution in [-0.2, 0) is 9.59 Å². The summed E-state index contributed by atoms with van der Waals surface area (Å²) < 4.78 is 0. The van der Waals surface area contributed by atoms with Crippen molar-refractivity contribution in [3.8, 4) is 11.1 Å². The van der Waals surface area contributed by atoms with E-state index in [0.717, 1.165) is 0 Å². The van der Waals surface area contributed by atoms with Crippen LogP contribution in [-0.4, -0.2) is 35.7 Å². The van der Waals surface area contributed by atoms with Crippen molar-refractivity contribution in [2.24, 2.45) is 5.92 Å². The fourth-order valence-electron chi connectivity index (χ4n) is 3.59. The van der Waals surface area contributed by atoms with Gasteiger partial charge in [0.05, 0.1) is 12.0 Å². The van der Waals surface area contributed by atoms with Crippen molar-refractivity contribution < 1.29 is 24.3 Å². The van der Waals surface area contributed by atoms with Gasteiger partial charge >= 0.3 is 0 Å². The first kappa shape index (κ1) is 21.2. The van der Waals surface area contributed by atoms with Crippen LogP contribution in [0.25, 0.3) is 11.1 Å². The lowest BCUT2D eigenvalue weighted by Crippen LogP contribution is -2.53. The first-order chi connectivity index (χ1) is 14.2. The van der Waals surface area contributed by atoms with E-state index in [9.17, 15) is 24.3 Å². The van der Waals surface area contributed by atoms with E-state index in [4.69, 9.17) is 0 Å². The molecule has 1 aliphatic rings. The van der Waals surface area contributed by atoms with E-state index < -0.39 is 29.9 Å². The Morgan fingerprint density at radius 1 is 0.900 bits per heavy atom. The van der Waals surface area contributed by atoms with Gasteiger partial charge in [0, 0.05) is 22.3 Å². The van der Waals surface area contributed by atoms with Gasteiger partial charge in [-0.05, 0) is 30.9 Å². The largest absolute Gasteiger partial charge is 0.548 e. The quantitative estimate of drug-likeness (QED) is 0.612. The van der Waals surface area contributed by atoms with Crippen LogP contribution in [0.2, 0.25) is 0 Å². The van der Waals surface area contributed by atoms with E-state index >= 15 is 0 Å². The normalized spacial score (nSPS) is 13.9. The molecule has 0 aromatic heterocycles. The summed E-state index contributed by atoms with van der Waals surface area (Å²) in [5.74, 6) is -2.61. The van der Waals surface area contributed by atoms with Crippen LogP contribution in [0.5, 0.6) is 0 Å². The van der Waals surface area contributed by atoms with Crippen LogP contribution >= 0.6 is 0 Å². The summed E-state index contributed by atoms with van der Waals surface area (Å²) in [6.45, 7) is 5.14. The number of carbonyl (C=O) groups excluding carboxylic acids is 4. The molecule has 2 N–H and O–H groups in total. The first-order valence-electron chi connectivity index (χ1n) is 9.80. The minimum Gasteiger partial charge on any atom is -0.548 e. The summed E-state index contributed by atoms with van der Waals surface area (Å²) in [5.41, 5.74) is 2.47. The van der Waals surface area contributed by atoms with Gasteiger partial charge < -0.3 is 20.5 Å². The number of hydrogen-bond donors (Lipinski definition) is 2. The van der Waals surface area contributed by atoms with E-state index in [-0.39, 0.29) is 23.7 Å². The number of carbonyl (C=O) groups is 4. The molecular formula is C23H23N2O5-. The maximum Gasteiger partial charge on any atom is 0.252 e. The fraction of sp³-hybridized carbons (Fsp3) is 0.304. The molecule has 0 saturated heterocycles. The molecule has 0 radical (unpaired) electrons. The SMILES string of the molecule is CC(C)C[C@H](NC(=O)[C@H](C)NC(=O)c1cccc2c1-c1ccccc1C2=O)C(=O)[O-]. The van der Waals surface area contributed by atoms with E-state index in [0.29, 0.717) is 22.3 Å². The highest BCUT2D eigenvalue weighted by atomic mass is 16.4. The van der Waals surface area contributed by atoms with E-state index in [1.165, 1.54) is 6.92 Å². The second kappa shape index (κ2) is 8.49. The highest BCUT2D eigenvalue weighted by Crippen LogP contribution is 2.38. The lowest BCUT2D eigenvalue weighted by atomic mass is 9.98. The zero-order valence-electron chi connectivity index (χ0n) is 17.0. The van der Waals surface area contributed by atoms with E-state index in [1.807, 2.05) is 13.8 Å². The van der Waals surface area contributed by atoms with Gasteiger partial charge in [0.15, 0.2) is 5.78 Å². The van der Waals surface area contributed by atoms with Gasteiger partial charge in [0.1, 0.15) is 6.04 Å². The van der Waals surface area contributed by atoms with Crippen LogP contribution in [0.1, 0.15) is 53.5 Å². The maximum atomic E-state index is 12.9. The average Bonchev–Trinajstić information content (AvgIpc) is 2.99. The van der Waals surface area contributed by atoms with Crippen LogP contribution in [0.15, 0.2) is 42.5 Å². The minimum absolute atomic E-state index is 0.0441. The van der Waals surface area contributed by atoms with Crippen molar-refractivity contribution in [1.29, 1.82) is 0 Å². The first-order valence-corrected chi connectivity index (χ1v) is 9.80. The number of aliphatic carboxylic acids is 1. The van der Waals surface area contributed by atoms with Crippen molar-refractivity contribution in [2.75, 3.05) is 0 Å². The van der Waals surface area contributed by atoms with Gasteiger partial charge in [0.25, 0.3) is 5.91 Å². The van der Waals surface area contributed by atoms with Crippen molar-refractivity contribution >= 4 is 23.6 Å². The monoisotopic (exact) mass is 407 g/mol. The minimum atomic E-state index is -1.37. The molecule has 0 unspecified atom stereocenters. The molecule has 7 nitrogen and oxygen atoms in total. The van der Waals surface area contributed by atoms with Crippen LogP contribution in [0, 0.1) is 5.92 Å². The van der Waals surface area contributed by atoms with Gasteiger partial charge in [-0.1, -0.05) is 50.2 Å². The number of benzene rings is 2. The number of rotatable bonds is 7. The summed E-state index contributed by atoms with van der Waals surface area (Å²) in [4.78, 5) is 49.2. The Labute approximate surface area is 174 Å². The highest BCUT2D eigenvalue weighted by Gasteiger charge is 2.31. The Balaban J connectivity index is 1.79. The summed E-state index contributed by atoms with van der Waals surface area (Å²) in [6, 6.07) is 9.82. The standard InChI is InChI=1S/C23H24N2O5/c1-12(2)11-18(23(29)30)25-21(27)13(3)24-22(28)17-10-6-9-16-19(17)14-7-4-5-8-15(14)20(16)26/h4-10,12-13,18H,11H2,1-3H3,(H,24,28)(H,25,27)(H,29,30)/p-1/t13-,18-/m0/s1. The van der Waals surface area contributed by atoms with Crippen LogP contribution in [0.3, 0.4) is 0 Å². The zero-order chi connectivity index (χ0) is 22.0. The third-order valence-electron chi connectivity index (χ3n) is 5.04. The lowest BCUT2D eigenvalue weighted by Gasteiger charge is -2.24. The number of fused-ring (bicyclic) bond motifs is 3. The molecule has 2 amide bonds. The van der Waals surface area contributed by atoms with Gasteiger partial charge in [0.2, 0.25) is 5.91 Å². The van der Waals surface area contributed by atoms with Crippen molar-refractivity contribution in [2.45, 2.75) is 39.3 Å². The molecular weight excluding hydrogens is 384 g/mol. The van der Waals surface area contributed by atoms with E-state index in [2.05, 4.69) is 10.6 Å². The Morgan fingerprint density at radius 2 is 1.53 bits per heavy atom. The molecule has 2 atom stereocenters. The number of ketones is 1. The van der Waals surface area contributed by atoms with Crippen molar-refractivity contribution in [3.63, 3.8) is 0 Å². The molecule has 7 heteroatoms. The summed E-state index contributed by atoms with van der Waals surface area (Å²) >= 11 is 0. The van der Waals surface area contributed by atoms with Gasteiger partial charge in [-0.25, -0.2) is 0 Å². The Morgan fingerprint density at radius 3 is 2.17 bits per heavy atom. The molecule has 0 bridgehead atoms. The second-order valence-corrected chi connectivity index (χ2v) is 7.81. The number of amides is 2. The van der Waals surface area contributed by atoms with E-state index in [1.54, 1.807) is 42.5 Å². The molecule has 2 aromatic carbocycles. The number of carboxylic acids is 1. The zero-order valence-corrected chi connectivity index (χ0v) is 17.0. The summed E-state index contributed by atoms with van der Waals surface area (Å²) in [6.07, 6.45) is 0.222. The van der Waals surface area contributed by atoms with Crippen molar-refractivity contribution in [1.82, 2.24) is 10.6 Å². The third kappa shape index (κ3) is 4.10. The molecule has 0 fully saturated rings. The highest BCUT2D eigenvalue weighted by molar-refractivity contribution is 6.24. The predicted octanol–water partition coefficient (Wildman–Crippen LogP) is 1.30. The van der Waals surface area contributed by atoms with Crippen LogP contribution < -0.4 is 15.7 Å². The maximum absolute atomic E-state index is 12.9. The lowest BCUT2D eigenvalue weighted by molar-refractivity contribution is -0.308. The molecule has 0 spiro atoms.